The number of hydrogen-bond acceptors (Lipinski definition) is 4. The molecule has 2 rings (SSSR count). The molecule has 1 N–H and O–H groups in total. The summed E-state index contributed by atoms with van der Waals surface area (Å²) in [5, 5.41) is 2.79. The van der Waals surface area contributed by atoms with Crippen molar-refractivity contribution in [1.82, 2.24) is 5.32 Å². The Bertz CT molecular complexity index is 688. The average molecular weight is 425 g/mol. The molecule has 0 saturated carbocycles. The molecule has 0 aromatic heterocycles. The van der Waals surface area contributed by atoms with Crippen molar-refractivity contribution in [3.05, 3.63) is 57.2 Å². The molecular formula is C17H16INO4. The lowest BCUT2D eigenvalue weighted by molar-refractivity contribution is -0.123. The second kappa shape index (κ2) is 8.52. The Hall–Kier alpha value is -2.09. The molecule has 0 saturated heterocycles. The topological polar surface area (TPSA) is 64.6 Å². The minimum absolute atomic E-state index is 0.125. The monoisotopic (exact) mass is 425 g/mol. The van der Waals surface area contributed by atoms with Crippen LogP contribution in [-0.4, -0.2) is 25.9 Å². The molecule has 5 nitrogen and oxygen atoms in total. The fraction of sp³-hybridized carbons (Fsp3) is 0.176. The molecule has 0 spiro atoms. The van der Waals surface area contributed by atoms with E-state index >= 15 is 0 Å². The van der Waals surface area contributed by atoms with E-state index in [0.717, 1.165) is 11.8 Å². The largest absolute Gasteiger partial charge is 0.493 e. The molecule has 1 amide bonds. The van der Waals surface area contributed by atoms with Crippen molar-refractivity contribution in [2.24, 2.45) is 0 Å². The number of methoxy groups -OCH3 is 1. The molecule has 6 heteroatoms. The number of carbonyl (C=O) groups excluding carboxylic acids is 2. The molecule has 2 aromatic rings. The second-order valence-electron chi connectivity index (χ2n) is 4.70. The summed E-state index contributed by atoms with van der Waals surface area (Å²) in [5.41, 5.74) is 1.51. The third-order valence-corrected chi connectivity index (χ3v) is 3.87. The standard InChI is InChI=1S/C17H16INO4/c1-22-15-8-13(10-20)7-14(18)17(15)23-11-16(21)19-9-12-5-3-2-4-6-12/h2-8,10H,9,11H2,1H3,(H,19,21). The van der Waals surface area contributed by atoms with Gasteiger partial charge in [0.2, 0.25) is 0 Å². The van der Waals surface area contributed by atoms with Crippen LogP contribution in [-0.2, 0) is 11.3 Å². The van der Waals surface area contributed by atoms with Gasteiger partial charge in [0.05, 0.1) is 10.7 Å². The molecule has 0 radical (unpaired) electrons. The fourth-order valence-corrected chi connectivity index (χ4v) is 2.71. The van der Waals surface area contributed by atoms with Gasteiger partial charge in [-0.05, 0) is 40.3 Å². The first-order valence-corrected chi connectivity index (χ1v) is 7.98. The Morgan fingerprint density at radius 2 is 2.00 bits per heavy atom. The van der Waals surface area contributed by atoms with Crippen molar-refractivity contribution >= 4 is 34.8 Å². The predicted octanol–water partition coefficient (Wildman–Crippen LogP) is 2.81. The zero-order valence-corrected chi connectivity index (χ0v) is 14.7. The smallest absolute Gasteiger partial charge is 0.258 e. The maximum atomic E-state index is 11.9. The van der Waals surface area contributed by atoms with Gasteiger partial charge >= 0.3 is 0 Å². The Morgan fingerprint density at radius 3 is 2.65 bits per heavy atom. The highest BCUT2D eigenvalue weighted by Crippen LogP contribution is 2.33. The van der Waals surface area contributed by atoms with Gasteiger partial charge in [0.25, 0.3) is 5.91 Å². The van der Waals surface area contributed by atoms with Crippen molar-refractivity contribution in [2.45, 2.75) is 6.54 Å². The van der Waals surface area contributed by atoms with Crippen LogP contribution >= 0.6 is 22.6 Å². The zero-order chi connectivity index (χ0) is 16.7. The molecule has 0 bridgehead atoms. The number of aldehydes is 1. The number of amides is 1. The van der Waals surface area contributed by atoms with Crippen LogP contribution in [0, 0.1) is 3.57 Å². The molecule has 120 valence electrons. The summed E-state index contributed by atoms with van der Waals surface area (Å²) in [6.07, 6.45) is 0.737. The second-order valence-corrected chi connectivity index (χ2v) is 5.87. The van der Waals surface area contributed by atoms with E-state index in [4.69, 9.17) is 9.47 Å². The summed E-state index contributed by atoms with van der Waals surface area (Å²) in [4.78, 5) is 22.7. The van der Waals surface area contributed by atoms with Crippen molar-refractivity contribution in [3.8, 4) is 11.5 Å². The van der Waals surface area contributed by atoms with Gasteiger partial charge in [-0.3, -0.25) is 9.59 Å². The van der Waals surface area contributed by atoms with Crippen LogP contribution in [0.5, 0.6) is 11.5 Å². The van der Waals surface area contributed by atoms with Crippen molar-refractivity contribution in [3.63, 3.8) is 0 Å². The minimum atomic E-state index is -0.230. The number of ether oxygens (including phenoxy) is 2. The minimum Gasteiger partial charge on any atom is -0.493 e. The lowest BCUT2D eigenvalue weighted by Gasteiger charge is -2.13. The molecule has 0 unspecified atom stereocenters. The van der Waals surface area contributed by atoms with Crippen LogP contribution in [0.2, 0.25) is 0 Å². The van der Waals surface area contributed by atoms with Crippen LogP contribution in [0.3, 0.4) is 0 Å². The highest BCUT2D eigenvalue weighted by molar-refractivity contribution is 14.1. The molecule has 0 atom stereocenters. The molecular weight excluding hydrogens is 409 g/mol. The van der Waals surface area contributed by atoms with E-state index in [9.17, 15) is 9.59 Å². The van der Waals surface area contributed by atoms with Crippen molar-refractivity contribution < 1.29 is 19.1 Å². The van der Waals surface area contributed by atoms with E-state index in [0.29, 0.717) is 27.2 Å². The van der Waals surface area contributed by atoms with Crippen LogP contribution in [0.4, 0.5) is 0 Å². The van der Waals surface area contributed by atoms with E-state index in [-0.39, 0.29) is 12.5 Å². The molecule has 0 aliphatic carbocycles. The highest BCUT2D eigenvalue weighted by atomic mass is 127. The molecule has 23 heavy (non-hydrogen) atoms. The highest BCUT2D eigenvalue weighted by Gasteiger charge is 2.13. The first-order valence-electron chi connectivity index (χ1n) is 6.90. The lowest BCUT2D eigenvalue weighted by Crippen LogP contribution is -2.28. The van der Waals surface area contributed by atoms with Gasteiger partial charge in [-0.15, -0.1) is 0 Å². The molecule has 2 aromatic carbocycles. The van der Waals surface area contributed by atoms with Gasteiger partial charge in [-0.1, -0.05) is 30.3 Å². The Labute approximate surface area is 148 Å². The normalized spacial score (nSPS) is 10.0. The quantitative estimate of drug-likeness (QED) is 0.548. The summed E-state index contributed by atoms with van der Waals surface area (Å²) in [6.45, 7) is 0.320. The van der Waals surface area contributed by atoms with Crippen LogP contribution < -0.4 is 14.8 Å². The predicted molar refractivity (Wildman–Crippen MR) is 94.9 cm³/mol. The maximum absolute atomic E-state index is 11.9. The van der Waals surface area contributed by atoms with E-state index in [1.165, 1.54) is 7.11 Å². The first-order chi connectivity index (χ1) is 11.1. The van der Waals surface area contributed by atoms with E-state index in [1.54, 1.807) is 12.1 Å². The fourth-order valence-electron chi connectivity index (χ4n) is 1.93. The van der Waals surface area contributed by atoms with Gasteiger partial charge in [0, 0.05) is 12.1 Å². The Balaban J connectivity index is 1.95. The van der Waals surface area contributed by atoms with Gasteiger partial charge < -0.3 is 14.8 Å². The summed E-state index contributed by atoms with van der Waals surface area (Å²) < 4.78 is 11.5. The van der Waals surface area contributed by atoms with Crippen LogP contribution in [0.25, 0.3) is 0 Å². The van der Waals surface area contributed by atoms with E-state index < -0.39 is 0 Å². The number of nitrogens with one attached hydrogen (secondary N) is 1. The van der Waals surface area contributed by atoms with Crippen LogP contribution in [0.15, 0.2) is 42.5 Å². The van der Waals surface area contributed by atoms with Crippen molar-refractivity contribution in [1.29, 1.82) is 0 Å². The van der Waals surface area contributed by atoms with Gasteiger partial charge in [0.15, 0.2) is 18.1 Å². The number of halogens is 1. The number of benzene rings is 2. The zero-order valence-electron chi connectivity index (χ0n) is 12.5. The number of rotatable bonds is 7. The molecule has 0 heterocycles. The van der Waals surface area contributed by atoms with Gasteiger partial charge in [-0.2, -0.15) is 0 Å². The first kappa shape index (κ1) is 17.3. The average Bonchev–Trinajstić information content (AvgIpc) is 2.59. The third-order valence-electron chi connectivity index (χ3n) is 3.07. The van der Waals surface area contributed by atoms with E-state index in [2.05, 4.69) is 5.32 Å². The lowest BCUT2D eigenvalue weighted by atomic mass is 10.2. The Kier molecular flexibility index (Phi) is 6.40. The third kappa shape index (κ3) is 4.95. The summed E-state index contributed by atoms with van der Waals surface area (Å²) in [5.74, 6) is 0.648. The SMILES string of the molecule is COc1cc(C=O)cc(I)c1OCC(=O)NCc1ccccc1. The summed E-state index contributed by atoms with van der Waals surface area (Å²) in [6, 6.07) is 12.9. The van der Waals surface area contributed by atoms with Gasteiger partial charge in [0.1, 0.15) is 6.29 Å². The molecule has 0 aliphatic rings. The summed E-state index contributed by atoms with van der Waals surface area (Å²) in [7, 11) is 1.49. The van der Waals surface area contributed by atoms with E-state index in [1.807, 2.05) is 52.9 Å². The number of carbonyl (C=O) groups is 2. The summed E-state index contributed by atoms with van der Waals surface area (Å²) >= 11 is 2.04. The molecule has 0 fully saturated rings. The van der Waals surface area contributed by atoms with Crippen LogP contribution in [0.1, 0.15) is 15.9 Å². The van der Waals surface area contributed by atoms with Gasteiger partial charge in [-0.25, -0.2) is 0 Å². The number of hydrogen-bond donors (Lipinski definition) is 1. The Morgan fingerprint density at radius 1 is 1.26 bits per heavy atom. The molecule has 0 aliphatic heterocycles. The van der Waals surface area contributed by atoms with Crippen molar-refractivity contribution in [2.75, 3.05) is 13.7 Å². The maximum Gasteiger partial charge on any atom is 0.258 e.